The number of hydrogen-bond donors (Lipinski definition) is 0. The fraction of sp³-hybridized carbons (Fsp3) is 0.450. The highest BCUT2D eigenvalue weighted by Gasteiger charge is 2.23. The van der Waals surface area contributed by atoms with Gasteiger partial charge in [-0.15, -0.1) is 0 Å². The molecule has 8 heteroatoms. The third kappa shape index (κ3) is 3.77. The molecule has 0 N–H and O–H groups in total. The van der Waals surface area contributed by atoms with Crippen molar-refractivity contribution < 1.29 is 4.52 Å². The number of aromatic nitrogens is 4. The van der Waals surface area contributed by atoms with Gasteiger partial charge in [0, 0.05) is 69.5 Å². The van der Waals surface area contributed by atoms with Crippen molar-refractivity contribution in [2.45, 2.75) is 26.8 Å². The Kier molecular flexibility index (Phi) is 5.37. The Bertz CT molecular complexity index is 966. The van der Waals surface area contributed by atoms with Crippen molar-refractivity contribution in [3.8, 4) is 11.4 Å². The van der Waals surface area contributed by atoms with Crippen molar-refractivity contribution >= 4 is 17.3 Å². The van der Waals surface area contributed by atoms with Crippen LogP contribution in [0, 0.1) is 13.8 Å². The fourth-order valence-electron chi connectivity index (χ4n) is 3.79. The summed E-state index contributed by atoms with van der Waals surface area (Å²) in [5.41, 5.74) is 5.03. The zero-order chi connectivity index (χ0) is 19.7. The highest BCUT2D eigenvalue weighted by molar-refractivity contribution is 6.30. The predicted octanol–water partition coefficient (Wildman–Crippen LogP) is 3.45. The van der Waals surface area contributed by atoms with Crippen LogP contribution in [0.4, 0.5) is 5.69 Å². The van der Waals surface area contributed by atoms with Crippen LogP contribution in [0.15, 0.2) is 29.0 Å². The summed E-state index contributed by atoms with van der Waals surface area (Å²) in [4.78, 5) is 9.10. The molecular formula is C20H25ClN6O. The quantitative estimate of drug-likeness (QED) is 0.668. The summed E-state index contributed by atoms with van der Waals surface area (Å²) in [7, 11) is 1.86. The Morgan fingerprint density at radius 3 is 2.79 bits per heavy atom. The van der Waals surface area contributed by atoms with Crippen molar-refractivity contribution in [3.63, 3.8) is 0 Å². The summed E-state index contributed by atoms with van der Waals surface area (Å²) in [6.45, 7) is 8.74. The molecule has 0 saturated carbocycles. The molecule has 1 aliphatic heterocycles. The maximum atomic E-state index is 6.57. The van der Waals surface area contributed by atoms with Crippen LogP contribution in [-0.2, 0) is 13.6 Å². The molecule has 0 amide bonds. The molecule has 0 unspecified atom stereocenters. The zero-order valence-electron chi connectivity index (χ0n) is 16.5. The Hall–Kier alpha value is -2.38. The van der Waals surface area contributed by atoms with Gasteiger partial charge in [0.2, 0.25) is 0 Å². The van der Waals surface area contributed by atoms with Gasteiger partial charge in [0.15, 0.2) is 0 Å². The Labute approximate surface area is 169 Å². The topological polar surface area (TPSA) is 63.2 Å². The molecule has 1 fully saturated rings. The number of rotatable bonds is 4. The molecule has 0 aliphatic carbocycles. The van der Waals surface area contributed by atoms with Gasteiger partial charge >= 0.3 is 0 Å². The maximum Gasteiger partial charge on any atom is 0.134 e. The third-order valence-corrected chi connectivity index (χ3v) is 5.71. The molecule has 1 saturated heterocycles. The van der Waals surface area contributed by atoms with Gasteiger partial charge < -0.3 is 9.42 Å². The van der Waals surface area contributed by atoms with E-state index in [-0.39, 0.29) is 0 Å². The molecule has 4 rings (SSSR count). The van der Waals surface area contributed by atoms with E-state index in [1.54, 1.807) is 4.68 Å². The van der Waals surface area contributed by atoms with Crippen molar-refractivity contribution in [1.82, 2.24) is 24.8 Å². The first-order valence-electron chi connectivity index (χ1n) is 9.56. The molecule has 1 aliphatic rings. The second-order valence-corrected chi connectivity index (χ2v) is 7.70. The summed E-state index contributed by atoms with van der Waals surface area (Å²) in [6, 6.07) is 4.01. The fourth-order valence-corrected chi connectivity index (χ4v) is 3.97. The molecule has 4 heterocycles. The van der Waals surface area contributed by atoms with Crippen LogP contribution in [0.25, 0.3) is 11.4 Å². The molecule has 7 nitrogen and oxygen atoms in total. The van der Waals surface area contributed by atoms with Crippen LogP contribution in [0.2, 0.25) is 5.15 Å². The third-order valence-electron chi connectivity index (χ3n) is 5.24. The monoisotopic (exact) mass is 400 g/mol. The van der Waals surface area contributed by atoms with E-state index < -0.39 is 0 Å². The first kappa shape index (κ1) is 19.0. The molecule has 0 radical (unpaired) electrons. The van der Waals surface area contributed by atoms with E-state index >= 15 is 0 Å². The summed E-state index contributed by atoms with van der Waals surface area (Å²) >= 11 is 6.57. The minimum atomic E-state index is 0.654. The maximum absolute atomic E-state index is 6.57. The van der Waals surface area contributed by atoms with Crippen LogP contribution >= 0.6 is 11.6 Å². The summed E-state index contributed by atoms with van der Waals surface area (Å²) in [5.74, 6) is 0.765. The highest BCUT2D eigenvalue weighted by atomic mass is 35.5. The van der Waals surface area contributed by atoms with E-state index in [0.29, 0.717) is 5.15 Å². The predicted molar refractivity (Wildman–Crippen MR) is 110 cm³/mol. The average molecular weight is 401 g/mol. The smallest absolute Gasteiger partial charge is 0.134 e. The number of pyridine rings is 1. The number of aryl methyl sites for hydroxylation is 3. The minimum Gasteiger partial charge on any atom is -0.370 e. The van der Waals surface area contributed by atoms with Gasteiger partial charge in [0.25, 0.3) is 0 Å². The highest BCUT2D eigenvalue weighted by Crippen LogP contribution is 2.30. The van der Waals surface area contributed by atoms with Crippen LogP contribution in [0.1, 0.15) is 23.3 Å². The average Bonchev–Trinajstić information content (AvgIpc) is 3.12. The van der Waals surface area contributed by atoms with Crippen molar-refractivity contribution in [3.05, 3.63) is 46.6 Å². The van der Waals surface area contributed by atoms with E-state index in [9.17, 15) is 0 Å². The molecule has 148 valence electrons. The van der Waals surface area contributed by atoms with E-state index in [0.717, 1.165) is 61.9 Å². The van der Waals surface area contributed by atoms with Crippen LogP contribution < -0.4 is 4.90 Å². The van der Waals surface area contributed by atoms with Crippen LogP contribution in [-0.4, -0.2) is 51.0 Å². The standard InChI is InChI=1S/C20H25ClN6O/c1-14-12-22-6-5-18(14)27-8-4-7-26(9-10-27)13-16-19(23-25(3)20(16)21)17-11-15(2)28-24-17/h5-6,11-12H,4,7-10,13H2,1-3H3. The lowest BCUT2D eigenvalue weighted by molar-refractivity contribution is 0.285. The van der Waals surface area contributed by atoms with Gasteiger partial charge in [0.05, 0.1) is 0 Å². The van der Waals surface area contributed by atoms with Gasteiger partial charge in [0.1, 0.15) is 22.3 Å². The first-order valence-corrected chi connectivity index (χ1v) is 9.93. The largest absolute Gasteiger partial charge is 0.370 e. The Morgan fingerprint density at radius 1 is 1.18 bits per heavy atom. The normalized spacial score (nSPS) is 15.8. The van der Waals surface area contributed by atoms with Gasteiger partial charge in [-0.1, -0.05) is 16.8 Å². The minimum absolute atomic E-state index is 0.654. The van der Waals surface area contributed by atoms with Crippen LogP contribution in [0.5, 0.6) is 0 Å². The lowest BCUT2D eigenvalue weighted by atomic mass is 10.1. The summed E-state index contributed by atoms with van der Waals surface area (Å²) in [5, 5.41) is 9.36. The van der Waals surface area contributed by atoms with Crippen molar-refractivity contribution in [2.24, 2.45) is 7.05 Å². The zero-order valence-corrected chi connectivity index (χ0v) is 17.3. The Balaban J connectivity index is 1.52. The van der Waals surface area contributed by atoms with Gasteiger partial charge in [-0.3, -0.25) is 14.6 Å². The molecule has 3 aromatic rings. The lowest BCUT2D eigenvalue weighted by Gasteiger charge is -2.25. The Morgan fingerprint density at radius 2 is 2.04 bits per heavy atom. The lowest BCUT2D eigenvalue weighted by Crippen LogP contribution is -2.31. The van der Waals surface area contributed by atoms with Crippen molar-refractivity contribution in [1.29, 1.82) is 0 Å². The second kappa shape index (κ2) is 7.93. The van der Waals surface area contributed by atoms with E-state index in [1.807, 2.05) is 32.4 Å². The number of nitrogens with zero attached hydrogens (tertiary/aromatic N) is 6. The van der Waals surface area contributed by atoms with E-state index in [2.05, 4.69) is 38.0 Å². The summed E-state index contributed by atoms with van der Waals surface area (Å²) < 4.78 is 6.95. The van der Waals surface area contributed by atoms with E-state index in [4.69, 9.17) is 16.1 Å². The molecule has 0 bridgehead atoms. The molecule has 0 spiro atoms. The molecule has 3 aromatic heterocycles. The van der Waals surface area contributed by atoms with Gasteiger partial charge in [-0.2, -0.15) is 5.10 Å². The van der Waals surface area contributed by atoms with Gasteiger partial charge in [-0.25, -0.2) is 0 Å². The first-order chi connectivity index (χ1) is 13.5. The molecular weight excluding hydrogens is 376 g/mol. The van der Waals surface area contributed by atoms with Gasteiger partial charge in [-0.05, 0) is 31.9 Å². The summed E-state index contributed by atoms with van der Waals surface area (Å²) in [6.07, 6.45) is 4.89. The molecule has 28 heavy (non-hydrogen) atoms. The molecule has 0 atom stereocenters. The number of hydrogen-bond acceptors (Lipinski definition) is 6. The second-order valence-electron chi connectivity index (χ2n) is 7.34. The van der Waals surface area contributed by atoms with E-state index in [1.165, 1.54) is 11.3 Å². The number of anilines is 1. The van der Waals surface area contributed by atoms with Crippen molar-refractivity contribution in [2.75, 3.05) is 31.1 Å². The molecule has 0 aromatic carbocycles. The van der Waals surface area contributed by atoms with Crippen LogP contribution in [0.3, 0.4) is 0 Å². The number of halogens is 1. The SMILES string of the molecule is Cc1cc(-c2nn(C)c(Cl)c2CN2CCCN(c3ccncc3C)CC2)no1.